The average molecular weight is 577 g/mol. The molecular weight excluding hydrogens is 543 g/mol. The van der Waals surface area contributed by atoms with Crippen molar-refractivity contribution in [1.29, 1.82) is 0 Å². The van der Waals surface area contributed by atoms with E-state index >= 15 is 0 Å². The van der Waals surface area contributed by atoms with E-state index in [2.05, 4.69) is 21.5 Å². The van der Waals surface area contributed by atoms with E-state index in [0.29, 0.717) is 48.8 Å². The number of nitrogens with zero attached hydrogens (tertiary/aromatic N) is 6. The standard InChI is InChI=1S/C31H34ClFN6O2/c1-7-26(41)37-15-16-38(20(2)18-37)29(34-6)22-17-23(32)27(21-11-8-9-12-24(21)33)36-30(22)39(19-40)25-13-10-14-35-28(25)31(3,4)5/h7-14,17,19-20H,1,15-16,18H2,2-6H3. The lowest BCUT2D eigenvalue weighted by molar-refractivity contribution is -0.128. The molecule has 1 saturated heterocycles. The van der Waals surface area contributed by atoms with Crippen molar-refractivity contribution in [3.8, 4) is 11.3 Å². The number of aromatic nitrogens is 2. The van der Waals surface area contributed by atoms with Crippen LogP contribution >= 0.6 is 11.6 Å². The fourth-order valence-electron chi connectivity index (χ4n) is 5.06. The number of carbonyl (C=O) groups excluding carboxylic acids is 2. The van der Waals surface area contributed by atoms with E-state index in [1.165, 1.54) is 17.0 Å². The van der Waals surface area contributed by atoms with Crippen LogP contribution < -0.4 is 4.90 Å². The number of pyridine rings is 2. The average Bonchev–Trinajstić information content (AvgIpc) is 2.95. The molecule has 41 heavy (non-hydrogen) atoms. The Balaban J connectivity index is 1.94. The van der Waals surface area contributed by atoms with E-state index in [1.807, 2.05) is 27.7 Å². The maximum atomic E-state index is 14.9. The van der Waals surface area contributed by atoms with Crippen LogP contribution in [-0.2, 0) is 15.0 Å². The molecule has 1 unspecified atom stereocenters. The molecule has 3 heterocycles. The predicted octanol–water partition coefficient (Wildman–Crippen LogP) is 5.62. The molecule has 3 aromatic rings. The summed E-state index contributed by atoms with van der Waals surface area (Å²) >= 11 is 6.78. The van der Waals surface area contributed by atoms with Gasteiger partial charge in [0, 0.05) is 49.9 Å². The van der Waals surface area contributed by atoms with Crippen molar-refractivity contribution in [1.82, 2.24) is 19.8 Å². The first-order valence-electron chi connectivity index (χ1n) is 13.3. The predicted molar refractivity (Wildman–Crippen MR) is 161 cm³/mol. The number of hydrogen-bond acceptors (Lipinski definition) is 5. The van der Waals surface area contributed by atoms with Gasteiger partial charge in [0.15, 0.2) is 5.82 Å². The van der Waals surface area contributed by atoms with Gasteiger partial charge < -0.3 is 9.80 Å². The normalized spacial score (nSPS) is 16.0. The second-order valence-corrected chi connectivity index (χ2v) is 11.3. The minimum absolute atomic E-state index is 0.113. The Hall–Kier alpha value is -4.11. The van der Waals surface area contributed by atoms with Gasteiger partial charge in [-0.05, 0) is 43.3 Å². The van der Waals surface area contributed by atoms with Gasteiger partial charge >= 0.3 is 0 Å². The first-order chi connectivity index (χ1) is 19.5. The molecule has 2 aromatic heterocycles. The highest BCUT2D eigenvalue weighted by molar-refractivity contribution is 6.33. The Bertz CT molecular complexity index is 1500. The number of carbonyl (C=O) groups is 2. The molecule has 2 amide bonds. The van der Waals surface area contributed by atoms with Crippen molar-refractivity contribution in [2.75, 3.05) is 31.6 Å². The van der Waals surface area contributed by atoms with Gasteiger partial charge in [0.2, 0.25) is 12.3 Å². The summed E-state index contributed by atoms with van der Waals surface area (Å²) < 4.78 is 14.9. The van der Waals surface area contributed by atoms with E-state index in [4.69, 9.17) is 16.6 Å². The lowest BCUT2D eigenvalue weighted by Crippen LogP contribution is -2.55. The molecule has 0 saturated carbocycles. The first-order valence-corrected chi connectivity index (χ1v) is 13.7. The van der Waals surface area contributed by atoms with Crippen LogP contribution in [0.5, 0.6) is 0 Å². The molecule has 0 aliphatic carbocycles. The van der Waals surface area contributed by atoms with Gasteiger partial charge in [0.05, 0.1) is 27.7 Å². The second kappa shape index (κ2) is 12.2. The van der Waals surface area contributed by atoms with E-state index < -0.39 is 11.2 Å². The number of amidine groups is 1. The van der Waals surface area contributed by atoms with Crippen LogP contribution in [-0.4, -0.2) is 70.6 Å². The van der Waals surface area contributed by atoms with Crippen molar-refractivity contribution >= 4 is 41.3 Å². The molecule has 0 radical (unpaired) electrons. The Morgan fingerprint density at radius 2 is 1.95 bits per heavy atom. The minimum atomic E-state index is -0.490. The van der Waals surface area contributed by atoms with Crippen LogP contribution in [0, 0.1) is 5.82 Å². The van der Waals surface area contributed by atoms with Crippen molar-refractivity contribution in [2.45, 2.75) is 39.2 Å². The third-order valence-electron chi connectivity index (χ3n) is 7.01. The fourth-order valence-corrected chi connectivity index (χ4v) is 5.32. The molecule has 0 spiro atoms. The number of rotatable bonds is 6. The van der Waals surface area contributed by atoms with Gasteiger partial charge in [-0.1, -0.05) is 51.1 Å². The minimum Gasteiger partial charge on any atom is -0.350 e. The van der Waals surface area contributed by atoms with Gasteiger partial charge in [0.25, 0.3) is 0 Å². The molecule has 1 atom stereocenters. The van der Waals surface area contributed by atoms with Gasteiger partial charge in [-0.25, -0.2) is 9.37 Å². The highest BCUT2D eigenvalue weighted by atomic mass is 35.5. The van der Waals surface area contributed by atoms with Crippen LogP contribution in [0.25, 0.3) is 11.3 Å². The number of amides is 2. The maximum absolute atomic E-state index is 14.9. The molecule has 0 bridgehead atoms. The lowest BCUT2D eigenvalue weighted by atomic mass is 9.90. The summed E-state index contributed by atoms with van der Waals surface area (Å²) in [4.78, 5) is 44.4. The summed E-state index contributed by atoms with van der Waals surface area (Å²) in [6.45, 7) is 13.0. The van der Waals surface area contributed by atoms with Crippen LogP contribution in [0.3, 0.4) is 0 Å². The third kappa shape index (κ3) is 6.00. The number of halogens is 2. The molecule has 1 aromatic carbocycles. The Kier molecular flexibility index (Phi) is 8.87. The zero-order valence-corrected chi connectivity index (χ0v) is 24.7. The quantitative estimate of drug-likeness (QED) is 0.165. The molecule has 1 aliphatic rings. The zero-order valence-electron chi connectivity index (χ0n) is 23.9. The molecule has 1 aliphatic heterocycles. The number of hydrogen-bond donors (Lipinski definition) is 0. The second-order valence-electron chi connectivity index (χ2n) is 10.8. The summed E-state index contributed by atoms with van der Waals surface area (Å²) in [5.74, 6) is 0.153. The number of aliphatic imine (C=N–C) groups is 1. The van der Waals surface area contributed by atoms with Crippen LogP contribution in [0.15, 0.2) is 66.3 Å². The van der Waals surface area contributed by atoms with Crippen molar-refractivity contribution in [3.05, 3.63) is 83.4 Å². The summed E-state index contributed by atoms with van der Waals surface area (Å²) in [6, 6.07) is 11.3. The van der Waals surface area contributed by atoms with Gasteiger partial charge in [-0.3, -0.25) is 24.5 Å². The number of anilines is 2. The topological polar surface area (TPSA) is 82.0 Å². The zero-order chi connectivity index (χ0) is 29.9. The number of benzene rings is 1. The first kappa shape index (κ1) is 29.9. The monoisotopic (exact) mass is 576 g/mol. The van der Waals surface area contributed by atoms with Crippen LogP contribution in [0.1, 0.15) is 39.0 Å². The molecular formula is C31H34ClFN6O2. The summed E-state index contributed by atoms with van der Waals surface area (Å²) in [7, 11) is 1.65. The summed E-state index contributed by atoms with van der Waals surface area (Å²) in [6.07, 6.45) is 3.66. The molecule has 8 nitrogen and oxygen atoms in total. The van der Waals surface area contributed by atoms with Gasteiger partial charge in [-0.2, -0.15) is 0 Å². The Morgan fingerprint density at radius 3 is 2.56 bits per heavy atom. The van der Waals surface area contributed by atoms with Crippen molar-refractivity contribution in [3.63, 3.8) is 0 Å². The summed E-state index contributed by atoms with van der Waals surface area (Å²) in [5, 5.41) is 0.205. The Labute approximate surface area is 245 Å². The van der Waals surface area contributed by atoms with E-state index in [-0.39, 0.29) is 34.0 Å². The molecule has 0 N–H and O–H groups in total. The van der Waals surface area contributed by atoms with Crippen molar-refractivity contribution < 1.29 is 14.0 Å². The van der Waals surface area contributed by atoms with Crippen LogP contribution in [0.4, 0.5) is 15.9 Å². The third-order valence-corrected chi connectivity index (χ3v) is 7.30. The smallest absolute Gasteiger partial charge is 0.246 e. The maximum Gasteiger partial charge on any atom is 0.246 e. The number of piperazine rings is 1. The molecule has 4 rings (SSSR count). The molecule has 1 fully saturated rings. The largest absolute Gasteiger partial charge is 0.350 e. The fraction of sp³-hybridized carbons (Fsp3) is 0.323. The van der Waals surface area contributed by atoms with Gasteiger partial charge in [-0.15, -0.1) is 0 Å². The van der Waals surface area contributed by atoms with Crippen molar-refractivity contribution in [2.24, 2.45) is 4.99 Å². The highest BCUT2D eigenvalue weighted by Crippen LogP contribution is 2.38. The van der Waals surface area contributed by atoms with Gasteiger partial charge in [0.1, 0.15) is 11.7 Å². The Morgan fingerprint density at radius 1 is 1.22 bits per heavy atom. The molecule has 10 heteroatoms. The lowest BCUT2D eigenvalue weighted by Gasteiger charge is -2.41. The summed E-state index contributed by atoms with van der Waals surface area (Å²) in [5.41, 5.74) is 1.71. The van der Waals surface area contributed by atoms with E-state index in [0.717, 1.165) is 0 Å². The van der Waals surface area contributed by atoms with E-state index in [1.54, 1.807) is 54.5 Å². The SMILES string of the molecule is C=CC(=O)N1CCN(C(=NC)c2cc(Cl)c(-c3ccccc3F)nc2N(C=O)c2cccnc2C(C)(C)C)C(C)C1. The molecule has 214 valence electrons. The highest BCUT2D eigenvalue weighted by Gasteiger charge is 2.33. The van der Waals surface area contributed by atoms with E-state index in [9.17, 15) is 14.0 Å². The van der Waals surface area contributed by atoms with Crippen LogP contribution in [0.2, 0.25) is 5.02 Å².